The number of alkyl halides is 3. The van der Waals surface area contributed by atoms with Crippen molar-refractivity contribution in [1.82, 2.24) is 19.7 Å². The van der Waals surface area contributed by atoms with E-state index < -0.39 is 23.8 Å². The van der Waals surface area contributed by atoms with Crippen molar-refractivity contribution in [2.45, 2.75) is 19.3 Å². The van der Waals surface area contributed by atoms with Crippen molar-refractivity contribution >= 4 is 40.7 Å². The molecule has 1 aromatic heterocycles. The summed E-state index contributed by atoms with van der Waals surface area (Å²) in [5.41, 5.74) is 0.261. The molecule has 1 aliphatic heterocycles. The number of anilines is 1. The smallest absolute Gasteiger partial charge is 0.325 e. The van der Waals surface area contributed by atoms with Crippen molar-refractivity contribution in [3.8, 4) is 0 Å². The molecular weight excluding hydrogens is 398 g/mol. The number of fused-ring (bicyclic) bond motifs is 1. The minimum atomic E-state index is -4.64. The fraction of sp³-hybridized carbons (Fsp3) is 0.286. The van der Waals surface area contributed by atoms with Crippen LogP contribution in [0.4, 0.5) is 18.9 Å². The molecule has 0 saturated carbocycles. The van der Waals surface area contributed by atoms with E-state index in [9.17, 15) is 22.8 Å². The van der Waals surface area contributed by atoms with Crippen LogP contribution in [-0.2, 0) is 28.9 Å². The first-order valence-electron chi connectivity index (χ1n) is 7.21. The Morgan fingerprint density at radius 2 is 1.85 bits per heavy atom. The highest BCUT2D eigenvalue weighted by Crippen LogP contribution is 2.29. The topological polar surface area (TPSA) is 80.1 Å². The number of carbonyl (C=O) groups is 2. The zero-order chi connectivity index (χ0) is 19.1. The van der Waals surface area contributed by atoms with Gasteiger partial charge in [-0.05, 0) is 18.2 Å². The summed E-state index contributed by atoms with van der Waals surface area (Å²) in [6.07, 6.45) is -4.64. The first-order chi connectivity index (χ1) is 12.2. The largest absolute Gasteiger partial charge is 0.451 e. The summed E-state index contributed by atoms with van der Waals surface area (Å²) < 4.78 is 39.3. The summed E-state index contributed by atoms with van der Waals surface area (Å²) in [5.74, 6) is -3.02. The van der Waals surface area contributed by atoms with Gasteiger partial charge in [-0.25, -0.2) is 0 Å². The highest BCUT2D eigenvalue weighted by molar-refractivity contribution is 6.42. The molecule has 0 aliphatic carbocycles. The Morgan fingerprint density at radius 3 is 2.50 bits per heavy atom. The van der Waals surface area contributed by atoms with Crippen LogP contribution in [0.3, 0.4) is 0 Å². The number of rotatable bonds is 1. The van der Waals surface area contributed by atoms with Crippen molar-refractivity contribution in [2.24, 2.45) is 0 Å². The summed E-state index contributed by atoms with van der Waals surface area (Å²) >= 11 is 11.6. The molecule has 2 amide bonds. The van der Waals surface area contributed by atoms with E-state index in [0.717, 1.165) is 9.47 Å². The first-order valence-corrected chi connectivity index (χ1v) is 7.97. The van der Waals surface area contributed by atoms with Gasteiger partial charge < -0.3 is 14.8 Å². The quantitative estimate of drug-likeness (QED) is 0.736. The maximum absolute atomic E-state index is 12.8. The lowest BCUT2D eigenvalue weighted by Crippen LogP contribution is -2.44. The van der Waals surface area contributed by atoms with Gasteiger partial charge in [0.15, 0.2) is 5.82 Å². The van der Waals surface area contributed by atoms with E-state index in [4.69, 9.17) is 23.2 Å². The van der Waals surface area contributed by atoms with E-state index in [-0.39, 0.29) is 41.2 Å². The number of hydrogen-bond donors (Lipinski definition) is 1. The van der Waals surface area contributed by atoms with Crippen LogP contribution in [0.1, 0.15) is 11.6 Å². The predicted octanol–water partition coefficient (Wildman–Crippen LogP) is 2.58. The van der Waals surface area contributed by atoms with Gasteiger partial charge >= 0.3 is 18.0 Å². The Labute approximate surface area is 154 Å². The third kappa shape index (κ3) is 3.61. The summed E-state index contributed by atoms with van der Waals surface area (Å²) in [6.45, 7) is -0.499. The normalized spacial score (nSPS) is 14.1. The van der Waals surface area contributed by atoms with Crippen LogP contribution in [0, 0.1) is 0 Å². The van der Waals surface area contributed by atoms with E-state index in [2.05, 4.69) is 15.5 Å². The second kappa shape index (κ2) is 6.76. The maximum atomic E-state index is 12.8. The zero-order valence-electron chi connectivity index (χ0n) is 12.8. The van der Waals surface area contributed by atoms with Gasteiger partial charge in [-0.2, -0.15) is 13.2 Å². The molecule has 0 fully saturated rings. The fourth-order valence-electron chi connectivity index (χ4n) is 2.44. The maximum Gasteiger partial charge on any atom is 0.451 e. The van der Waals surface area contributed by atoms with Crippen LogP contribution in [0.15, 0.2) is 18.2 Å². The summed E-state index contributed by atoms with van der Waals surface area (Å²) in [4.78, 5) is 25.4. The molecule has 3 rings (SSSR count). The lowest BCUT2D eigenvalue weighted by molar-refractivity contribution is -0.149. The van der Waals surface area contributed by atoms with Crippen molar-refractivity contribution < 1.29 is 22.8 Å². The van der Waals surface area contributed by atoms with E-state index >= 15 is 0 Å². The molecule has 2 heterocycles. The molecule has 138 valence electrons. The molecule has 7 nitrogen and oxygen atoms in total. The average Bonchev–Trinajstić information content (AvgIpc) is 3.00. The zero-order valence-corrected chi connectivity index (χ0v) is 14.4. The number of nitrogens with zero attached hydrogens (tertiary/aromatic N) is 4. The van der Waals surface area contributed by atoms with Crippen molar-refractivity contribution in [1.29, 1.82) is 0 Å². The molecule has 0 spiro atoms. The molecule has 0 atom stereocenters. The lowest BCUT2D eigenvalue weighted by atomic mass is 10.3. The van der Waals surface area contributed by atoms with Gasteiger partial charge in [0, 0.05) is 18.8 Å². The van der Waals surface area contributed by atoms with E-state index in [1.807, 2.05) is 0 Å². The highest BCUT2D eigenvalue weighted by atomic mass is 35.5. The summed E-state index contributed by atoms with van der Waals surface area (Å²) in [5, 5.41) is 9.42. The van der Waals surface area contributed by atoms with Gasteiger partial charge in [0.05, 0.1) is 16.6 Å². The number of halogens is 5. The van der Waals surface area contributed by atoms with E-state index in [1.54, 1.807) is 0 Å². The third-order valence-corrected chi connectivity index (χ3v) is 4.40. The Morgan fingerprint density at radius 1 is 1.12 bits per heavy atom. The van der Waals surface area contributed by atoms with Crippen molar-refractivity contribution in [3.05, 3.63) is 39.9 Å². The van der Waals surface area contributed by atoms with E-state index in [0.29, 0.717) is 0 Å². The van der Waals surface area contributed by atoms with Crippen LogP contribution in [0.2, 0.25) is 10.0 Å². The Bertz CT molecular complexity index is 884. The summed E-state index contributed by atoms with van der Waals surface area (Å²) in [6, 6.07) is 4.28. The standard InChI is InChI=1S/C14H10Cl2F3N5O2/c15-8-2-1-7(5-9(8)16)20-11(25)12(26)23-3-4-24-10(6-23)21-22-13(24)14(17,18)19/h1-2,5H,3-4,6H2,(H,20,25). The third-order valence-electron chi connectivity index (χ3n) is 3.67. The Hall–Kier alpha value is -2.33. The van der Waals surface area contributed by atoms with Crippen LogP contribution < -0.4 is 5.32 Å². The second-order valence-electron chi connectivity index (χ2n) is 5.40. The Kier molecular flexibility index (Phi) is 4.80. The monoisotopic (exact) mass is 407 g/mol. The number of hydrogen-bond acceptors (Lipinski definition) is 4. The van der Waals surface area contributed by atoms with Gasteiger partial charge in [0.25, 0.3) is 0 Å². The van der Waals surface area contributed by atoms with Crippen LogP contribution >= 0.6 is 23.2 Å². The lowest BCUT2D eigenvalue weighted by Gasteiger charge is -2.27. The number of aromatic nitrogens is 3. The number of carbonyl (C=O) groups excluding carboxylic acids is 2. The molecule has 0 saturated heterocycles. The van der Waals surface area contributed by atoms with Crippen molar-refractivity contribution in [3.63, 3.8) is 0 Å². The molecule has 2 aromatic rings. The molecule has 1 N–H and O–H groups in total. The predicted molar refractivity (Wildman–Crippen MR) is 85.5 cm³/mol. The second-order valence-corrected chi connectivity index (χ2v) is 6.21. The molecule has 12 heteroatoms. The minimum absolute atomic E-state index is 0.0423. The summed E-state index contributed by atoms with van der Waals surface area (Å²) in [7, 11) is 0. The molecule has 1 aromatic carbocycles. The highest BCUT2D eigenvalue weighted by Gasteiger charge is 2.40. The minimum Gasteiger partial charge on any atom is -0.325 e. The number of amides is 2. The van der Waals surface area contributed by atoms with Crippen molar-refractivity contribution in [2.75, 3.05) is 11.9 Å². The van der Waals surface area contributed by atoms with Crippen LogP contribution in [0.5, 0.6) is 0 Å². The van der Waals surface area contributed by atoms with Gasteiger partial charge in [0.2, 0.25) is 5.82 Å². The van der Waals surface area contributed by atoms with Gasteiger partial charge in [-0.3, -0.25) is 9.59 Å². The molecule has 0 unspecified atom stereocenters. The molecule has 0 bridgehead atoms. The fourth-order valence-corrected chi connectivity index (χ4v) is 2.74. The van der Waals surface area contributed by atoms with Crippen LogP contribution in [0.25, 0.3) is 0 Å². The van der Waals surface area contributed by atoms with Gasteiger partial charge in [-0.1, -0.05) is 23.2 Å². The molecule has 26 heavy (non-hydrogen) atoms. The molecular formula is C14H10Cl2F3N5O2. The van der Waals surface area contributed by atoms with Gasteiger partial charge in [-0.15, -0.1) is 10.2 Å². The van der Waals surface area contributed by atoms with E-state index in [1.165, 1.54) is 18.2 Å². The first kappa shape index (κ1) is 18.5. The number of benzene rings is 1. The Balaban J connectivity index is 1.70. The molecule has 1 aliphatic rings. The number of nitrogens with one attached hydrogen (secondary N) is 1. The average molecular weight is 408 g/mol. The SMILES string of the molecule is O=C(Nc1ccc(Cl)c(Cl)c1)C(=O)N1CCn2c(nnc2C(F)(F)F)C1. The van der Waals surface area contributed by atoms with Gasteiger partial charge in [0.1, 0.15) is 0 Å². The molecule has 0 radical (unpaired) electrons. The van der Waals surface area contributed by atoms with Crippen LogP contribution in [-0.4, -0.2) is 38.0 Å².